The van der Waals surface area contributed by atoms with Gasteiger partial charge < -0.3 is 25.6 Å². The molecule has 4 rings (SSSR count). The maximum Gasteiger partial charge on any atom is 0.251 e. The first kappa shape index (κ1) is 30.1. The zero-order valence-electron chi connectivity index (χ0n) is 24.9. The van der Waals surface area contributed by atoms with Crippen LogP contribution in [0.4, 0.5) is 5.69 Å². The van der Waals surface area contributed by atoms with Crippen molar-refractivity contribution < 1.29 is 14.3 Å². The minimum absolute atomic E-state index is 0.0529. The Balaban J connectivity index is 1.66. The second-order valence-electron chi connectivity index (χ2n) is 11.3. The van der Waals surface area contributed by atoms with E-state index in [4.69, 9.17) is 10.5 Å². The Labute approximate surface area is 244 Å². The molecule has 2 atom stereocenters. The number of benzene rings is 3. The molecule has 218 valence electrons. The monoisotopic (exact) mass is 557 g/mol. The molecule has 0 aromatic heterocycles. The number of para-hydroxylation sites is 1. The molecule has 0 spiro atoms. The molecule has 8 nitrogen and oxygen atoms in total. The number of methoxy groups -OCH3 is 1. The molecule has 3 aromatic rings. The minimum atomic E-state index is -0.285. The van der Waals surface area contributed by atoms with Crippen LogP contribution >= 0.6 is 0 Å². The highest BCUT2D eigenvalue weighted by Gasteiger charge is 2.30. The smallest absolute Gasteiger partial charge is 0.251 e. The Kier molecular flexibility index (Phi) is 10.0. The lowest BCUT2D eigenvalue weighted by atomic mass is 9.97. The van der Waals surface area contributed by atoms with Gasteiger partial charge in [-0.15, -0.1) is 0 Å². The lowest BCUT2D eigenvalue weighted by Crippen LogP contribution is -2.43. The van der Waals surface area contributed by atoms with Crippen molar-refractivity contribution in [3.05, 3.63) is 83.4 Å². The van der Waals surface area contributed by atoms with Crippen molar-refractivity contribution in [3.8, 4) is 16.9 Å². The molecular weight excluding hydrogens is 514 g/mol. The summed E-state index contributed by atoms with van der Waals surface area (Å²) in [6.07, 6.45) is 2.46. The first-order chi connectivity index (χ1) is 19.7. The molecule has 2 amide bonds. The van der Waals surface area contributed by atoms with Gasteiger partial charge in [0, 0.05) is 55.6 Å². The van der Waals surface area contributed by atoms with E-state index in [0.717, 1.165) is 60.5 Å². The summed E-state index contributed by atoms with van der Waals surface area (Å²) in [5.41, 5.74) is 11.1. The molecule has 8 heteroatoms. The molecule has 1 heterocycles. The summed E-state index contributed by atoms with van der Waals surface area (Å²) >= 11 is 0. The van der Waals surface area contributed by atoms with E-state index < -0.39 is 0 Å². The van der Waals surface area contributed by atoms with Crippen molar-refractivity contribution in [2.24, 2.45) is 5.73 Å². The fourth-order valence-electron chi connectivity index (χ4n) is 5.66. The van der Waals surface area contributed by atoms with E-state index in [-0.39, 0.29) is 23.9 Å². The van der Waals surface area contributed by atoms with Gasteiger partial charge in [0.25, 0.3) is 5.91 Å². The van der Waals surface area contributed by atoms with Crippen molar-refractivity contribution >= 4 is 17.5 Å². The van der Waals surface area contributed by atoms with Gasteiger partial charge in [0.15, 0.2) is 0 Å². The average molecular weight is 558 g/mol. The highest BCUT2D eigenvalue weighted by Crippen LogP contribution is 2.37. The van der Waals surface area contributed by atoms with Crippen LogP contribution in [0.2, 0.25) is 0 Å². The highest BCUT2D eigenvalue weighted by atomic mass is 16.5. The number of likely N-dealkylation sites (tertiary alicyclic amines) is 1. The lowest BCUT2D eigenvalue weighted by molar-refractivity contribution is -0.122. The predicted molar refractivity (Wildman–Crippen MR) is 165 cm³/mol. The van der Waals surface area contributed by atoms with Gasteiger partial charge in [-0.1, -0.05) is 48.5 Å². The first-order valence-corrected chi connectivity index (χ1v) is 14.2. The van der Waals surface area contributed by atoms with Crippen molar-refractivity contribution in [3.63, 3.8) is 0 Å². The van der Waals surface area contributed by atoms with E-state index in [9.17, 15) is 9.59 Å². The van der Waals surface area contributed by atoms with E-state index in [1.807, 2.05) is 81.6 Å². The van der Waals surface area contributed by atoms with E-state index in [1.165, 1.54) is 5.56 Å². The normalized spacial score (nSPS) is 16.0. The van der Waals surface area contributed by atoms with E-state index in [2.05, 4.69) is 33.3 Å². The van der Waals surface area contributed by atoms with Crippen molar-refractivity contribution in [1.82, 2.24) is 15.1 Å². The number of anilines is 1. The molecule has 0 radical (unpaired) electrons. The number of nitrogens with two attached hydrogens (primary N) is 1. The maximum absolute atomic E-state index is 13.7. The van der Waals surface area contributed by atoms with Gasteiger partial charge in [-0.25, -0.2) is 0 Å². The van der Waals surface area contributed by atoms with Crippen molar-refractivity contribution in [1.29, 1.82) is 0 Å². The maximum atomic E-state index is 13.7. The molecule has 1 fully saturated rings. The van der Waals surface area contributed by atoms with E-state index >= 15 is 0 Å². The van der Waals surface area contributed by atoms with Gasteiger partial charge in [0.1, 0.15) is 5.75 Å². The third kappa shape index (κ3) is 7.65. The van der Waals surface area contributed by atoms with Crippen molar-refractivity contribution in [2.45, 2.75) is 37.9 Å². The standard InChI is InChI=1S/C33H43N5O3/c1-36(2)22-27(17-23-11-7-6-8-12-23)35-33(40)26-18-25(19-28(20-26)37(3)4)29-14-9-13-24(31(29)41-5)21-38-16-10-15-30(38)32(34)39/h6-9,11-14,18-20,27,30H,10,15-17,21-22H2,1-5H3,(H2,34,39)(H,35,40)/t27?,30-/m0/s1. The topological polar surface area (TPSA) is 91.1 Å². The molecule has 1 unspecified atom stereocenters. The van der Waals surface area contributed by atoms with Gasteiger partial charge in [-0.2, -0.15) is 0 Å². The third-order valence-corrected chi connectivity index (χ3v) is 7.62. The lowest BCUT2D eigenvalue weighted by Gasteiger charge is -2.24. The number of carbonyl (C=O) groups excluding carboxylic acids is 2. The van der Waals surface area contributed by atoms with Gasteiger partial charge in [0.2, 0.25) is 5.91 Å². The first-order valence-electron chi connectivity index (χ1n) is 14.2. The summed E-state index contributed by atoms with van der Waals surface area (Å²) in [4.78, 5) is 31.9. The second kappa shape index (κ2) is 13.7. The van der Waals surface area contributed by atoms with Crippen LogP contribution in [0.15, 0.2) is 66.7 Å². The van der Waals surface area contributed by atoms with Crippen LogP contribution in [-0.2, 0) is 17.8 Å². The average Bonchev–Trinajstić information content (AvgIpc) is 3.41. The Morgan fingerprint density at radius 1 is 1.05 bits per heavy atom. The van der Waals surface area contributed by atoms with E-state index in [1.54, 1.807) is 7.11 Å². The van der Waals surface area contributed by atoms with Crippen LogP contribution in [0.1, 0.15) is 34.3 Å². The molecular formula is C33H43N5O3. The van der Waals surface area contributed by atoms with Crippen LogP contribution in [0.5, 0.6) is 5.75 Å². The number of hydrogen-bond donors (Lipinski definition) is 2. The SMILES string of the molecule is COc1c(CN2CCC[C@H]2C(N)=O)cccc1-c1cc(C(=O)NC(Cc2ccccc2)CN(C)C)cc(N(C)C)c1. The molecule has 0 saturated carbocycles. The number of nitrogens with one attached hydrogen (secondary N) is 1. The number of ether oxygens (including phenoxy) is 1. The van der Waals surface area contributed by atoms with Gasteiger partial charge >= 0.3 is 0 Å². The largest absolute Gasteiger partial charge is 0.496 e. The van der Waals surface area contributed by atoms with Gasteiger partial charge in [0.05, 0.1) is 13.2 Å². The minimum Gasteiger partial charge on any atom is -0.496 e. The molecule has 0 aliphatic carbocycles. The summed E-state index contributed by atoms with van der Waals surface area (Å²) in [5, 5.41) is 3.28. The van der Waals surface area contributed by atoms with Crippen molar-refractivity contribution in [2.75, 3.05) is 53.3 Å². The van der Waals surface area contributed by atoms with Crippen LogP contribution in [0.3, 0.4) is 0 Å². The highest BCUT2D eigenvalue weighted by molar-refractivity contribution is 5.97. The molecule has 3 aromatic carbocycles. The van der Waals surface area contributed by atoms with Gasteiger partial charge in [-0.3, -0.25) is 14.5 Å². The van der Waals surface area contributed by atoms with E-state index in [0.29, 0.717) is 12.1 Å². The number of rotatable bonds is 12. The Morgan fingerprint density at radius 3 is 2.46 bits per heavy atom. The number of primary amides is 1. The van der Waals surface area contributed by atoms with Crippen LogP contribution in [0.25, 0.3) is 11.1 Å². The van der Waals surface area contributed by atoms with Crippen LogP contribution < -0.4 is 20.7 Å². The van der Waals surface area contributed by atoms with Gasteiger partial charge in [-0.05, 0) is 69.2 Å². The zero-order chi connectivity index (χ0) is 29.5. The van der Waals surface area contributed by atoms with Crippen LogP contribution in [0, 0.1) is 0 Å². The Bertz CT molecular complexity index is 1340. The fraction of sp³-hybridized carbons (Fsp3) is 0.394. The molecule has 1 saturated heterocycles. The molecule has 41 heavy (non-hydrogen) atoms. The Morgan fingerprint density at radius 2 is 1.80 bits per heavy atom. The summed E-state index contributed by atoms with van der Waals surface area (Å²) in [6.45, 7) is 2.11. The second-order valence-corrected chi connectivity index (χ2v) is 11.3. The summed E-state index contributed by atoms with van der Waals surface area (Å²) in [5.74, 6) is 0.334. The molecule has 3 N–H and O–H groups in total. The fourth-order valence-corrected chi connectivity index (χ4v) is 5.66. The Hall–Kier alpha value is -3.88. The number of nitrogens with zero attached hydrogens (tertiary/aromatic N) is 3. The number of carbonyl (C=O) groups is 2. The molecule has 1 aliphatic heterocycles. The zero-order valence-corrected chi connectivity index (χ0v) is 24.9. The predicted octanol–water partition coefficient (Wildman–Crippen LogP) is 3.78. The summed E-state index contributed by atoms with van der Waals surface area (Å²) in [6, 6.07) is 21.9. The molecule has 0 bridgehead atoms. The summed E-state index contributed by atoms with van der Waals surface area (Å²) in [7, 11) is 9.63. The third-order valence-electron chi connectivity index (χ3n) is 7.62. The quantitative estimate of drug-likeness (QED) is 0.352. The van der Waals surface area contributed by atoms with Crippen LogP contribution in [-0.4, -0.2) is 82.1 Å². The number of likely N-dealkylation sites (N-methyl/N-ethyl adjacent to an activating group) is 1. The summed E-state index contributed by atoms with van der Waals surface area (Å²) < 4.78 is 5.95. The number of hydrogen-bond acceptors (Lipinski definition) is 6. The molecule has 1 aliphatic rings. The number of amides is 2.